The summed E-state index contributed by atoms with van der Waals surface area (Å²) in [5.74, 6) is 3.06. The molecule has 0 spiro atoms. The predicted octanol–water partition coefficient (Wildman–Crippen LogP) is 4.74. The molecule has 0 N–H and O–H groups in total. The van der Waals surface area contributed by atoms with Crippen LogP contribution in [0.2, 0.25) is 0 Å². The van der Waals surface area contributed by atoms with E-state index in [1.807, 2.05) is 23.5 Å². The molecule has 1 aromatic rings. The van der Waals surface area contributed by atoms with Crippen LogP contribution in [0.25, 0.3) is 0 Å². The quantitative estimate of drug-likeness (QED) is 0.714. The third-order valence-corrected chi connectivity index (χ3v) is 6.22. The summed E-state index contributed by atoms with van der Waals surface area (Å²) in [5.41, 5.74) is 5.88. The van der Waals surface area contributed by atoms with Crippen molar-refractivity contribution in [3.63, 3.8) is 0 Å². The highest BCUT2D eigenvalue weighted by atomic mass is 35.5. The second kappa shape index (κ2) is 5.70. The van der Waals surface area contributed by atoms with Crippen LogP contribution in [0.15, 0.2) is 12.1 Å². The fourth-order valence-electron chi connectivity index (χ4n) is 1.87. The number of hydrogen-bond donors (Lipinski definition) is 0. The molecule has 0 unspecified atom stereocenters. The van der Waals surface area contributed by atoms with Crippen LogP contribution >= 0.6 is 35.1 Å². The first-order chi connectivity index (χ1) is 7.70. The van der Waals surface area contributed by atoms with Crippen LogP contribution in [0.1, 0.15) is 28.7 Å². The smallest absolute Gasteiger partial charge is 0.0520 e. The summed E-state index contributed by atoms with van der Waals surface area (Å²) >= 11 is 9.91. The molecule has 0 amide bonds. The van der Waals surface area contributed by atoms with Gasteiger partial charge >= 0.3 is 0 Å². The zero-order valence-corrected chi connectivity index (χ0v) is 12.1. The first-order valence-corrected chi connectivity index (χ1v) is 8.22. The molecule has 2 rings (SSSR count). The van der Waals surface area contributed by atoms with Crippen molar-refractivity contribution < 1.29 is 0 Å². The Morgan fingerprint density at radius 2 is 1.62 bits per heavy atom. The van der Waals surface area contributed by atoms with Gasteiger partial charge in [0.05, 0.1) is 4.58 Å². The molecule has 16 heavy (non-hydrogen) atoms. The predicted molar refractivity (Wildman–Crippen MR) is 77.6 cm³/mol. The van der Waals surface area contributed by atoms with Crippen molar-refractivity contribution in [3.05, 3.63) is 34.4 Å². The van der Waals surface area contributed by atoms with E-state index in [-0.39, 0.29) is 0 Å². The van der Waals surface area contributed by atoms with Crippen molar-refractivity contribution in [3.8, 4) is 0 Å². The molecular formula is C13H17ClS2. The van der Waals surface area contributed by atoms with Gasteiger partial charge in [0.25, 0.3) is 0 Å². The molecule has 0 aromatic heterocycles. The van der Waals surface area contributed by atoms with E-state index in [1.165, 1.54) is 22.3 Å². The van der Waals surface area contributed by atoms with E-state index >= 15 is 0 Å². The van der Waals surface area contributed by atoms with Crippen LogP contribution < -0.4 is 0 Å². The summed E-state index contributed by atoms with van der Waals surface area (Å²) in [6.45, 7) is 4.41. The first kappa shape index (κ1) is 12.7. The van der Waals surface area contributed by atoms with E-state index in [4.69, 9.17) is 11.6 Å². The Morgan fingerprint density at radius 3 is 2.06 bits per heavy atom. The van der Waals surface area contributed by atoms with Gasteiger partial charge in [0.2, 0.25) is 0 Å². The molecule has 0 fully saturated rings. The molecule has 1 aliphatic rings. The highest BCUT2D eigenvalue weighted by Gasteiger charge is 2.17. The maximum atomic E-state index is 5.82. The number of benzene rings is 1. The van der Waals surface area contributed by atoms with E-state index in [9.17, 15) is 0 Å². The third-order valence-electron chi connectivity index (χ3n) is 3.01. The van der Waals surface area contributed by atoms with Gasteiger partial charge in [-0.1, -0.05) is 12.1 Å². The average Bonchev–Trinajstić information content (AvgIpc) is 2.44. The Balaban J connectivity index is 2.17. The van der Waals surface area contributed by atoms with Crippen LogP contribution in [-0.2, 0) is 11.5 Å². The molecule has 0 atom stereocenters. The molecule has 0 saturated heterocycles. The van der Waals surface area contributed by atoms with E-state index < -0.39 is 0 Å². The summed E-state index contributed by atoms with van der Waals surface area (Å²) in [4.78, 5) is 0. The van der Waals surface area contributed by atoms with Crippen molar-refractivity contribution in [2.45, 2.75) is 36.4 Å². The molecule has 0 bridgehead atoms. The fraction of sp³-hybridized carbons (Fsp3) is 0.538. The van der Waals surface area contributed by atoms with Crippen molar-refractivity contribution >= 4 is 35.1 Å². The Morgan fingerprint density at radius 1 is 1.12 bits per heavy atom. The fourth-order valence-corrected chi connectivity index (χ4v) is 4.98. The van der Waals surface area contributed by atoms with E-state index in [0.29, 0.717) is 4.58 Å². The summed E-state index contributed by atoms with van der Waals surface area (Å²) < 4.78 is 0.672. The molecule has 1 aliphatic heterocycles. The van der Waals surface area contributed by atoms with Crippen molar-refractivity contribution in [2.75, 3.05) is 5.88 Å². The lowest BCUT2D eigenvalue weighted by molar-refractivity contribution is 1.06. The summed E-state index contributed by atoms with van der Waals surface area (Å²) in [7, 11) is 0. The minimum Gasteiger partial charge on any atom is -0.143 e. The lowest BCUT2D eigenvalue weighted by atomic mass is 10.0. The van der Waals surface area contributed by atoms with Crippen molar-refractivity contribution in [1.29, 1.82) is 0 Å². The van der Waals surface area contributed by atoms with Crippen molar-refractivity contribution in [2.24, 2.45) is 0 Å². The largest absolute Gasteiger partial charge is 0.143 e. The Kier molecular flexibility index (Phi) is 4.51. The van der Waals surface area contributed by atoms with E-state index in [1.54, 1.807) is 0 Å². The lowest BCUT2D eigenvalue weighted by Crippen LogP contribution is -1.96. The van der Waals surface area contributed by atoms with Gasteiger partial charge in [-0.2, -0.15) is 0 Å². The lowest BCUT2D eigenvalue weighted by Gasteiger charge is -2.09. The van der Waals surface area contributed by atoms with Gasteiger partial charge in [0.15, 0.2) is 0 Å². The van der Waals surface area contributed by atoms with Crippen molar-refractivity contribution in [1.82, 2.24) is 0 Å². The second-order valence-corrected chi connectivity index (χ2v) is 7.29. The van der Waals surface area contributed by atoms with Crippen LogP contribution in [0.4, 0.5) is 0 Å². The van der Waals surface area contributed by atoms with Gasteiger partial charge in [0, 0.05) is 17.4 Å². The number of aryl methyl sites for hydroxylation is 2. The normalized spacial score (nSPS) is 16.9. The molecule has 0 aliphatic carbocycles. The Labute approximate surface area is 112 Å². The molecule has 0 radical (unpaired) electrons. The van der Waals surface area contributed by atoms with Gasteiger partial charge in [0.1, 0.15) is 0 Å². The van der Waals surface area contributed by atoms with Crippen LogP contribution in [0.5, 0.6) is 0 Å². The van der Waals surface area contributed by atoms with Gasteiger partial charge in [-0.05, 0) is 42.5 Å². The maximum Gasteiger partial charge on any atom is 0.0520 e. The SMILES string of the molecule is Cc1cc2c(cc1C)CSC(CCCl)SC2. The average molecular weight is 273 g/mol. The molecular weight excluding hydrogens is 256 g/mol. The highest BCUT2D eigenvalue weighted by molar-refractivity contribution is 8.16. The number of halogens is 1. The number of hydrogen-bond acceptors (Lipinski definition) is 2. The first-order valence-electron chi connectivity index (χ1n) is 5.59. The van der Waals surface area contributed by atoms with Crippen LogP contribution in [0.3, 0.4) is 0 Å². The zero-order chi connectivity index (χ0) is 11.5. The van der Waals surface area contributed by atoms with E-state index in [2.05, 4.69) is 26.0 Å². The van der Waals surface area contributed by atoms with Gasteiger partial charge in [-0.3, -0.25) is 0 Å². The molecule has 0 nitrogen and oxygen atoms in total. The van der Waals surface area contributed by atoms with Gasteiger partial charge < -0.3 is 0 Å². The number of fused-ring (bicyclic) bond motifs is 1. The number of rotatable bonds is 2. The second-order valence-electron chi connectivity index (χ2n) is 4.23. The minimum absolute atomic E-state index is 0.672. The van der Waals surface area contributed by atoms with Gasteiger partial charge in [-0.25, -0.2) is 0 Å². The Bertz CT molecular complexity index is 343. The number of alkyl halides is 1. The summed E-state index contributed by atoms with van der Waals surface area (Å²) in [6, 6.07) is 4.72. The third kappa shape index (κ3) is 2.91. The summed E-state index contributed by atoms with van der Waals surface area (Å²) in [5, 5.41) is 0. The molecule has 3 heteroatoms. The van der Waals surface area contributed by atoms with E-state index in [0.717, 1.165) is 23.8 Å². The highest BCUT2D eigenvalue weighted by Crippen LogP contribution is 2.38. The molecule has 0 saturated carbocycles. The minimum atomic E-state index is 0.672. The number of thioether (sulfide) groups is 2. The van der Waals surface area contributed by atoms with Crippen LogP contribution in [0, 0.1) is 13.8 Å². The molecule has 88 valence electrons. The van der Waals surface area contributed by atoms with Gasteiger partial charge in [-0.15, -0.1) is 35.1 Å². The monoisotopic (exact) mass is 272 g/mol. The molecule has 1 aromatic carbocycles. The topological polar surface area (TPSA) is 0 Å². The maximum absolute atomic E-state index is 5.82. The Hall–Kier alpha value is 0.210. The molecule has 1 heterocycles. The van der Waals surface area contributed by atoms with Crippen LogP contribution in [-0.4, -0.2) is 10.5 Å². The summed E-state index contributed by atoms with van der Waals surface area (Å²) in [6.07, 6.45) is 1.11. The zero-order valence-electron chi connectivity index (χ0n) is 9.75. The standard InChI is InChI=1S/C13H17ClS2/c1-9-5-11-7-15-13(3-4-14)16-8-12(11)6-10(9)2/h5-6,13H,3-4,7-8H2,1-2H3.